The van der Waals surface area contributed by atoms with Gasteiger partial charge in [-0.1, -0.05) is 0 Å². The van der Waals surface area contributed by atoms with Gasteiger partial charge < -0.3 is 4.90 Å². The fraction of sp³-hybridized carbons (Fsp3) is 0.467. The number of amides is 1. The number of hydrogen-bond acceptors (Lipinski definition) is 5. The van der Waals surface area contributed by atoms with Crippen molar-refractivity contribution in [1.82, 2.24) is 29.0 Å². The molecular formula is C15H18N6OS. The highest BCUT2D eigenvalue weighted by atomic mass is 32.1. The molecule has 0 atom stereocenters. The van der Waals surface area contributed by atoms with Crippen LogP contribution in [0.2, 0.25) is 0 Å². The molecule has 1 aliphatic heterocycles. The zero-order valence-electron chi connectivity index (χ0n) is 12.9. The van der Waals surface area contributed by atoms with Gasteiger partial charge in [0.05, 0.1) is 5.69 Å². The first-order valence-corrected chi connectivity index (χ1v) is 8.62. The Morgan fingerprint density at radius 3 is 2.96 bits per heavy atom. The molecule has 1 amide bonds. The summed E-state index contributed by atoms with van der Waals surface area (Å²) in [6.45, 7) is 3.87. The predicted octanol–water partition coefficient (Wildman–Crippen LogP) is 1.70. The van der Waals surface area contributed by atoms with Crippen LogP contribution in [0.5, 0.6) is 0 Å². The quantitative estimate of drug-likeness (QED) is 0.733. The highest BCUT2D eigenvalue weighted by Crippen LogP contribution is 2.32. The highest BCUT2D eigenvalue weighted by Gasteiger charge is 2.27. The monoisotopic (exact) mass is 330 g/mol. The molecule has 0 radical (unpaired) electrons. The van der Waals surface area contributed by atoms with Crippen LogP contribution in [-0.4, -0.2) is 48.0 Å². The van der Waals surface area contributed by atoms with Gasteiger partial charge in [0.1, 0.15) is 29.9 Å². The predicted molar refractivity (Wildman–Crippen MR) is 86.4 cm³/mol. The second-order valence-electron chi connectivity index (χ2n) is 5.87. The van der Waals surface area contributed by atoms with Crippen molar-refractivity contribution in [1.29, 1.82) is 0 Å². The molecule has 3 aromatic heterocycles. The van der Waals surface area contributed by atoms with Crippen LogP contribution in [0, 0.1) is 6.92 Å². The Morgan fingerprint density at radius 2 is 2.22 bits per heavy atom. The van der Waals surface area contributed by atoms with Gasteiger partial charge in [0.2, 0.25) is 5.91 Å². The zero-order valence-corrected chi connectivity index (χ0v) is 13.7. The molecular weight excluding hydrogens is 312 g/mol. The summed E-state index contributed by atoms with van der Waals surface area (Å²) in [6.07, 6.45) is 7.03. The van der Waals surface area contributed by atoms with Gasteiger partial charge in [0.15, 0.2) is 0 Å². The summed E-state index contributed by atoms with van der Waals surface area (Å²) in [5.41, 5.74) is 1.20. The van der Waals surface area contributed by atoms with Crippen LogP contribution in [0.4, 0.5) is 0 Å². The lowest BCUT2D eigenvalue weighted by Gasteiger charge is -2.31. The number of likely N-dealkylation sites (tertiary alicyclic amines) is 1. The van der Waals surface area contributed by atoms with Crippen molar-refractivity contribution in [2.75, 3.05) is 13.1 Å². The van der Waals surface area contributed by atoms with E-state index in [-0.39, 0.29) is 12.5 Å². The first-order valence-electron chi connectivity index (χ1n) is 7.74. The molecule has 0 unspecified atom stereocenters. The second-order valence-corrected chi connectivity index (χ2v) is 6.77. The molecule has 7 nitrogen and oxygen atoms in total. The number of carbonyl (C=O) groups is 1. The average Bonchev–Trinajstić information content (AvgIpc) is 3.27. The van der Waals surface area contributed by atoms with E-state index < -0.39 is 0 Å². The maximum Gasteiger partial charge on any atom is 0.244 e. The Labute approximate surface area is 137 Å². The van der Waals surface area contributed by atoms with E-state index in [1.165, 1.54) is 16.9 Å². The highest BCUT2D eigenvalue weighted by molar-refractivity contribution is 7.15. The van der Waals surface area contributed by atoms with E-state index >= 15 is 0 Å². The average molecular weight is 330 g/mol. The molecule has 23 heavy (non-hydrogen) atoms. The molecule has 0 bridgehead atoms. The Balaban J connectivity index is 1.42. The minimum atomic E-state index is 0.108. The summed E-state index contributed by atoms with van der Waals surface area (Å²) in [4.78, 5) is 24.1. The Hall–Kier alpha value is -2.22. The van der Waals surface area contributed by atoms with Crippen molar-refractivity contribution < 1.29 is 4.79 Å². The third kappa shape index (κ3) is 2.63. The first kappa shape index (κ1) is 14.4. The van der Waals surface area contributed by atoms with Crippen LogP contribution in [0.3, 0.4) is 0 Å². The number of hydrogen-bond donors (Lipinski definition) is 0. The van der Waals surface area contributed by atoms with Gasteiger partial charge in [-0.3, -0.25) is 9.20 Å². The van der Waals surface area contributed by atoms with E-state index in [1.807, 2.05) is 11.8 Å². The van der Waals surface area contributed by atoms with Crippen molar-refractivity contribution in [3.8, 4) is 0 Å². The van der Waals surface area contributed by atoms with Crippen molar-refractivity contribution in [3.05, 3.63) is 35.7 Å². The van der Waals surface area contributed by atoms with Crippen LogP contribution >= 0.6 is 11.3 Å². The molecule has 1 aliphatic rings. The lowest BCUT2D eigenvalue weighted by atomic mass is 9.94. The van der Waals surface area contributed by atoms with Gasteiger partial charge in [0.25, 0.3) is 0 Å². The summed E-state index contributed by atoms with van der Waals surface area (Å²) in [5.74, 6) is 1.59. The number of imidazole rings is 1. The molecule has 3 aromatic rings. The molecule has 4 rings (SSSR count). The molecule has 4 heterocycles. The zero-order chi connectivity index (χ0) is 15.8. The van der Waals surface area contributed by atoms with Gasteiger partial charge in [-0.25, -0.2) is 14.6 Å². The largest absolute Gasteiger partial charge is 0.341 e. The van der Waals surface area contributed by atoms with Gasteiger partial charge >= 0.3 is 0 Å². The number of aromatic nitrogens is 5. The van der Waals surface area contributed by atoms with Crippen LogP contribution in [-0.2, 0) is 11.3 Å². The van der Waals surface area contributed by atoms with E-state index in [9.17, 15) is 4.79 Å². The molecule has 8 heteroatoms. The number of rotatable bonds is 3. The Bertz CT molecular complexity index is 812. The first-order chi connectivity index (χ1) is 11.2. The van der Waals surface area contributed by atoms with Gasteiger partial charge in [0, 0.05) is 30.6 Å². The normalized spacial score (nSPS) is 16.3. The van der Waals surface area contributed by atoms with Crippen molar-refractivity contribution in [2.45, 2.75) is 32.2 Å². The second kappa shape index (κ2) is 5.77. The van der Waals surface area contributed by atoms with E-state index in [4.69, 9.17) is 4.98 Å². The minimum Gasteiger partial charge on any atom is -0.341 e. The van der Waals surface area contributed by atoms with Crippen LogP contribution in [0.25, 0.3) is 4.83 Å². The fourth-order valence-corrected chi connectivity index (χ4v) is 4.17. The number of nitrogens with zero attached hydrogens (tertiary/aromatic N) is 6. The van der Waals surface area contributed by atoms with E-state index in [0.29, 0.717) is 5.92 Å². The molecule has 1 saturated heterocycles. The molecule has 1 fully saturated rings. The number of carbonyl (C=O) groups excluding carboxylic acids is 1. The molecule has 0 saturated carbocycles. The van der Waals surface area contributed by atoms with Gasteiger partial charge in [-0.2, -0.15) is 5.10 Å². The molecule has 0 aliphatic carbocycles. The van der Waals surface area contributed by atoms with Crippen LogP contribution in [0.15, 0.2) is 24.2 Å². The minimum absolute atomic E-state index is 0.108. The van der Waals surface area contributed by atoms with E-state index in [1.54, 1.807) is 22.3 Å². The Kier molecular flexibility index (Phi) is 3.60. The Morgan fingerprint density at radius 1 is 1.39 bits per heavy atom. The van der Waals surface area contributed by atoms with Crippen LogP contribution in [0.1, 0.15) is 30.3 Å². The van der Waals surface area contributed by atoms with E-state index in [0.717, 1.165) is 31.8 Å². The van der Waals surface area contributed by atoms with Gasteiger partial charge in [-0.05, 0) is 19.8 Å². The standard InChI is InChI=1S/C15H18N6OS/c1-11-18-14(15-21(11)6-7-23-15)12-2-4-19(5-3-12)13(22)8-20-10-16-9-17-20/h6-7,9-10,12H,2-5,8H2,1H3. The summed E-state index contributed by atoms with van der Waals surface area (Å²) in [5, 5.41) is 6.09. The van der Waals surface area contributed by atoms with Crippen LogP contribution < -0.4 is 0 Å². The third-order valence-electron chi connectivity index (χ3n) is 4.46. The number of thiazole rings is 1. The summed E-state index contributed by atoms with van der Waals surface area (Å²) < 4.78 is 3.73. The lowest BCUT2D eigenvalue weighted by Crippen LogP contribution is -2.39. The molecule has 0 spiro atoms. The summed E-state index contributed by atoms with van der Waals surface area (Å²) in [7, 11) is 0. The fourth-order valence-electron chi connectivity index (χ4n) is 3.22. The SMILES string of the molecule is Cc1nc(C2CCN(C(=O)Cn3cncn3)CC2)c2sccn12. The lowest BCUT2D eigenvalue weighted by molar-refractivity contribution is -0.133. The number of piperidine rings is 1. The smallest absolute Gasteiger partial charge is 0.244 e. The van der Waals surface area contributed by atoms with E-state index in [2.05, 4.69) is 26.1 Å². The third-order valence-corrected chi connectivity index (χ3v) is 5.34. The molecule has 120 valence electrons. The maximum atomic E-state index is 12.3. The van der Waals surface area contributed by atoms with Crippen molar-refractivity contribution in [2.24, 2.45) is 0 Å². The number of fused-ring (bicyclic) bond motifs is 1. The molecule has 0 N–H and O–H groups in total. The summed E-state index contributed by atoms with van der Waals surface area (Å²) in [6, 6.07) is 0. The van der Waals surface area contributed by atoms with Crippen molar-refractivity contribution >= 4 is 22.1 Å². The maximum absolute atomic E-state index is 12.3. The van der Waals surface area contributed by atoms with Crippen molar-refractivity contribution in [3.63, 3.8) is 0 Å². The molecule has 0 aromatic carbocycles. The summed E-state index contributed by atoms with van der Waals surface area (Å²) >= 11 is 1.74. The topological polar surface area (TPSA) is 68.3 Å². The number of aryl methyl sites for hydroxylation is 1. The van der Waals surface area contributed by atoms with Gasteiger partial charge in [-0.15, -0.1) is 11.3 Å².